The molecule has 0 saturated heterocycles. The minimum Gasteiger partial charge on any atom is -0.355 e. The van der Waals surface area contributed by atoms with E-state index in [1.54, 1.807) is 0 Å². The minimum atomic E-state index is 0.0748. The van der Waals surface area contributed by atoms with Crippen LogP contribution in [0.3, 0.4) is 0 Å². The Morgan fingerprint density at radius 3 is 2.83 bits per heavy atom. The second kappa shape index (κ2) is 7.98. The summed E-state index contributed by atoms with van der Waals surface area (Å²) >= 11 is 2.91. The van der Waals surface area contributed by atoms with Gasteiger partial charge in [0, 0.05) is 12.2 Å². The number of nitrogens with zero attached hydrogens (tertiary/aromatic N) is 2. The van der Waals surface area contributed by atoms with Crippen molar-refractivity contribution in [1.82, 2.24) is 15.5 Å². The fraction of sp³-hybridized carbons (Fsp3) is 0.471. The predicted molar refractivity (Wildman–Crippen MR) is 100 cm³/mol. The second-order valence-electron chi connectivity index (χ2n) is 6.19. The molecule has 0 spiro atoms. The fourth-order valence-electron chi connectivity index (χ4n) is 2.39. The lowest BCUT2D eigenvalue weighted by molar-refractivity contribution is -0.118. The van der Waals surface area contributed by atoms with Crippen LogP contribution in [-0.2, 0) is 4.79 Å². The monoisotopic (exact) mass is 362 g/mol. The van der Waals surface area contributed by atoms with Crippen LogP contribution in [0.5, 0.6) is 0 Å². The van der Waals surface area contributed by atoms with Crippen LogP contribution in [0.4, 0.5) is 10.8 Å². The third-order valence-electron chi connectivity index (χ3n) is 4.30. The summed E-state index contributed by atoms with van der Waals surface area (Å²) in [6.45, 7) is 4.99. The number of benzene rings is 1. The largest absolute Gasteiger partial charge is 0.355 e. The van der Waals surface area contributed by atoms with Gasteiger partial charge in [-0.3, -0.25) is 4.79 Å². The van der Waals surface area contributed by atoms with Crippen molar-refractivity contribution >= 4 is 39.8 Å². The van der Waals surface area contributed by atoms with E-state index in [-0.39, 0.29) is 5.91 Å². The van der Waals surface area contributed by atoms with Gasteiger partial charge in [-0.15, -0.1) is 10.2 Å². The number of amides is 1. The molecule has 1 fully saturated rings. The first-order valence-corrected chi connectivity index (χ1v) is 9.97. The van der Waals surface area contributed by atoms with Crippen molar-refractivity contribution in [3.05, 3.63) is 29.3 Å². The molecule has 128 valence electrons. The number of nitrogens with one attached hydrogen (secondary N) is 2. The summed E-state index contributed by atoms with van der Waals surface area (Å²) in [5, 5.41) is 15.3. The van der Waals surface area contributed by atoms with Gasteiger partial charge in [0.1, 0.15) is 0 Å². The van der Waals surface area contributed by atoms with E-state index in [0.29, 0.717) is 11.7 Å². The molecule has 1 aliphatic rings. The van der Waals surface area contributed by atoms with Gasteiger partial charge in [-0.25, -0.2) is 0 Å². The van der Waals surface area contributed by atoms with E-state index in [2.05, 4.69) is 46.8 Å². The molecule has 1 saturated carbocycles. The Balaban J connectivity index is 1.46. The molecule has 0 unspecified atom stereocenters. The van der Waals surface area contributed by atoms with Crippen LogP contribution in [0.25, 0.3) is 0 Å². The molecule has 2 N–H and O–H groups in total. The molecule has 1 aliphatic carbocycles. The van der Waals surface area contributed by atoms with Gasteiger partial charge < -0.3 is 10.6 Å². The summed E-state index contributed by atoms with van der Waals surface area (Å²) in [6, 6.07) is 6.21. The highest BCUT2D eigenvalue weighted by molar-refractivity contribution is 8.01. The number of carbonyl (C=O) groups excluding carboxylic acids is 1. The average molecular weight is 363 g/mol. The van der Waals surface area contributed by atoms with Crippen LogP contribution in [-0.4, -0.2) is 28.4 Å². The molecule has 1 aromatic heterocycles. The lowest BCUT2D eigenvalue weighted by Gasteiger charge is -2.25. The summed E-state index contributed by atoms with van der Waals surface area (Å²) in [6.07, 6.45) is 3.80. The van der Waals surface area contributed by atoms with Gasteiger partial charge >= 0.3 is 0 Å². The highest BCUT2D eigenvalue weighted by Crippen LogP contribution is 2.28. The molecule has 1 amide bonds. The molecule has 0 radical (unpaired) electrons. The molecular weight excluding hydrogens is 340 g/mol. The maximum atomic E-state index is 11.8. The molecule has 0 aliphatic heterocycles. The Labute approximate surface area is 150 Å². The summed E-state index contributed by atoms with van der Waals surface area (Å²) in [7, 11) is 0. The predicted octanol–water partition coefficient (Wildman–Crippen LogP) is 3.91. The Kier molecular flexibility index (Phi) is 5.73. The molecule has 24 heavy (non-hydrogen) atoms. The van der Waals surface area contributed by atoms with Crippen molar-refractivity contribution in [2.75, 3.05) is 17.6 Å². The number of hydrogen-bond acceptors (Lipinski definition) is 6. The van der Waals surface area contributed by atoms with Crippen LogP contribution in [0.2, 0.25) is 0 Å². The van der Waals surface area contributed by atoms with E-state index in [9.17, 15) is 4.79 Å². The van der Waals surface area contributed by atoms with Crippen LogP contribution in [0.1, 0.15) is 30.4 Å². The third kappa shape index (κ3) is 4.70. The second-order valence-corrected chi connectivity index (χ2v) is 8.39. The Morgan fingerprint density at radius 1 is 1.29 bits per heavy atom. The first-order chi connectivity index (χ1) is 11.6. The molecular formula is C17H22N4OS2. The lowest BCUT2D eigenvalue weighted by Crippen LogP contribution is -2.33. The molecule has 5 nitrogen and oxygen atoms in total. The summed E-state index contributed by atoms with van der Waals surface area (Å²) in [5.74, 6) is 1.16. The summed E-state index contributed by atoms with van der Waals surface area (Å²) in [4.78, 5) is 11.8. The zero-order chi connectivity index (χ0) is 16.9. The average Bonchev–Trinajstić information content (AvgIpc) is 2.95. The molecule has 3 rings (SSSR count). The van der Waals surface area contributed by atoms with E-state index in [1.165, 1.54) is 53.5 Å². The zero-order valence-electron chi connectivity index (χ0n) is 14.0. The highest BCUT2D eigenvalue weighted by Gasteiger charge is 2.18. The van der Waals surface area contributed by atoms with E-state index in [0.717, 1.165) is 21.7 Å². The number of aryl methyl sites for hydroxylation is 2. The standard InChI is InChI=1S/C17H22N4OS2/c1-11-6-7-14(8-12(11)2)19-16-20-21-17(24-16)23-10-15(22)18-9-13-4-3-5-13/h6-8,13H,3-5,9-10H2,1-2H3,(H,18,22)(H,19,20). The topological polar surface area (TPSA) is 66.9 Å². The molecule has 0 atom stereocenters. The van der Waals surface area contributed by atoms with Gasteiger partial charge in [0.25, 0.3) is 0 Å². The first-order valence-electron chi connectivity index (χ1n) is 8.17. The number of rotatable bonds is 7. The van der Waals surface area contributed by atoms with E-state index in [1.807, 2.05) is 6.07 Å². The smallest absolute Gasteiger partial charge is 0.230 e. The zero-order valence-corrected chi connectivity index (χ0v) is 15.6. The van der Waals surface area contributed by atoms with Crippen molar-refractivity contribution in [1.29, 1.82) is 0 Å². The minimum absolute atomic E-state index is 0.0748. The SMILES string of the molecule is Cc1ccc(Nc2nnc(SCC(=O)NCC3CCC3)s2)cc1C. The van der Waals surface area contributed by atoms with Crippen LogP contribution in [0.15, 0.2) is 22.5 Å². The van der Waals surface area contributed by atoms with Gasteiger partial charge in [0.05, 0.1) is 5.75 Å². The lowest BCUT2D eigenvalue weighted by atomic mass is 9.85. The molecule has 7 heteroatoms. The molecule has 2 aromatic rings. The van der Waals surface area contributed by atoms with Crippen LogP contribution in [0, 0.1) is 19.8 Å². The van der Waals surface area contributed by atoms with Crippen molar-refractivity contribution in [3.8, 4) is 0 Å². The first kappa shape index (κ1) is 17.2. The molecule has 1 heterocycles. The van der Waals surface area contributed by atoms with E-state index < -0.39 is 0 Å². The van der Waals surface area contributed by atoms with Crippen LogP contribution < -0.4 is 10.6 Å². The maximum absolute atomic E-state index is 11.8. The summed E-state index contributed by atoms with van der Waals surface area (Å²) in [5.41, 5.74) is 3.51. The van der Waals surface area contributed by atoms with Crippen LogP contribution >= 0.6 is 23.1 Å². The Morgan fingerprint density at radius 2 is 2.12 bits per heavy atom. The number of thioether (sulfide) groups is 1. The van der Waals surface area contributed by atoms with Gasteiger partial charge in [0.15, 0.2) is 4.34 Å². The maximum Gasteiger partial charge on any atom is 0.230 e. The van der Waals surface area contributed by atoms with E-state index >= 15 is 0 Å². The quantitative estimate of drug-likeness (QED) is 0.731. The molecule has 1 aromatic carbocycles. The van der Waals surface area contributed by atoms with Crippen molar-refractivity contribution in [2.24, 2.45) is 5.92 Å². The normalized spacial score (nSPS) is 14.2. The van der Waals surface area contributed by atoms with E-state index in [4.69, 9.17) is 0 Å². The Hall–Kier alpha value is -1.60. The number of aromatic nitrogens is 2. The van der Waals surface area contributed by atoms with Gasteiger partial charge in [-0.2, -0.15) is 0 Å². The van der Waals surface area contributed by atoms with Gasteiger partial charge in [0.2, 0.25) is 11.0 Å². The van der Waals surface area contributed by atoms with Gasteiger partial charge in [-0.1, -0.05) is 35.6 Å². The number of hydrogen-bond donors (Lipinski definition) is 2. The highest BCUT2D eigenvalue weighted by atomic mass is 32.2. The number of carbonyl (C=O) groups is 1. The Bertz CT molecular complexity index is 712. The summed E-state index contributed by atoms with van der Waals surface area (Å²) < 4.78 is 0.806. The third-order valence-corrected chi connectivity index (χ3v) is 6.28. The van der Waals surface area contributed by atoms with Crippen molar-refractivity contribution in [2.45, 2.75) is 37.4 Å². The van der Waals surface area contributed by atoms with Crippen molar-refractivity contribution in [3.63, 3.8) is 0 Å². The number of anilines is 2. The van der Waals surface area contributed by atoms with Gasteiger partial charge in [-0.05, 0) is 55.9 Å². The molecule has 0 bridgehead atoms. The van der Waals surface area contributed by atoms with Crippen molar-refractivity contribution < 1.29 is 4.79 Å². The fourth-order valence-corrected chi connectivity index (χ4v) is 4.00.